The fourth-order valence-electron chi connectivity index (χ4n) is 4.30. The maximum atomic E-state index is 12.4. The van der Waals surface area contributed by atoms with Crippen LogP contribution in [0.25, 0.3) is 22.3 Å². The molecule has 1 saturated heterocycles. The van der Waals surface area contributed by atoms with E-state index in [-0.39, 0.29) is 11.5 Å². The van der Waals surface area contributed by atoms with Crippen LogP contribution in [-0.2, 0) is 11.8 Å². The van der Waals surface area contributed by atoms with Crippen molar-refractivity contribution >= 4 is 40.0 Å². The number of carbonyl (C=O) groups is 1. The highest BCUT2D eigenvalue weighted by Gasteiger charge is 2.21. The van der Waals surface area contributed by atoms with E-state index in [2.05, 4.69) is 48.5 Å². The second-order valence-electron chi connectivity index (χ2n) is 8.37. The molecule has 0 saturated carbocycles. The molecule has 11 nitrogen and oxygen atoms in total. The van der Waals surface area contributed by atoms with Crippen molar-refractivity contribution in [3.63, 3.8) is 0 Å². The summed E-state index contributed by atoms with van der Waals surface area (Å²) in [6.45, 7) is 5.21. The van der Waals surface area contributed by atoms with Crippen LogP contribution in [0, 0.1) is 6.92 Å². The lowest BCUT2D eigenvalue weighted by atomic mass is 10.1. The summed E-state index contributed by atoms with van der Waals surface area (Å²) in [4.78, 5) is 32.8. The molecular formula is C24H27N9O2. The van der Waals surface area contributed by atoms with Crippen molar-refractivity contribution in [2.45, 2.75) is 6.92 Å². The zero-order chi connectivity index (χ0) is 24.5. The molecule has 1 amide bonds. The van der Waals surface area contributed by atoms with Crippen molar-refractivity contribution in [2.75, 3.05) is 48.9 Å². The van der Waals surface area contributed by atoms with Gasteiger partial charge in [-0.1, -0.05) is 0 Å². The van der Waals surface area contributed by atoms with E-state index < -0.39 is 5.91 Å². The number of hydrogen-bond donors (Lipinski definition) is 3. The molecule has 1 aliphatic heterocycles. The Labute approximate surface area is 202 Å². The number of carbonyl (C=O) groups excluding carboxylic acids is 1. The van der Waals surface area contributed by atoms with Gasteiger partial charge in [0, 0.05) is 44.8 Å². The lowest BCUT2D eigenvalue weighted by Gasteiger charge is -2.30. The van der Waals surface area contributed by atoms with Crippen molar-refractivity contribution < 1.29 is 9.53 Å². The number of anilines is 4. The van der Waals surface area contributed by atoms with E-state index in [1.54, 1.807) is 25.8 Å². The molecule has 35 heavy (non-hydrogen) atoms. The van der Waals surface area contributed by atoms with Gasteiger partial charge in [0.15, 0.2) is 17.3 Å². The van der Waals surface area contributed by atoms with Crippen LogP contribution in [0.15, 0.2) is 36.9 Å². The van der Waals surface area contributed by atoms with Gasteiger partial charge in [-0.15, -0.1) is 0 Å². The lowest BCUT2D eigenvalue weighted by molar-refractivity contribution is 0.0996. The third kappa shape index (κ3) is 4.21. The number of amides is 1. The molecule has 4 heterocycles. The number of imidazole rings is 1. The van der Waals surface area contributed by atoms with E-state index >= 15 is 0 Å². The number of nitrogens with two attached hydrogens (primary N) is 1. The number of morpholine rings is 1. The van der Waals surface area contributed by atoms with E-state index in [0.29, 0.717) is 22.6 Å². The molecule has 1 fully saturated rings. The van der Waals surface area contributed by atoms with Crippen LogP contribution in [0.4, 0.5) is 23.0 Å². The topological polar surface area (TPSA) is 136 Å². The second-order valence-corrected chi connectivity index (χ2v) is 8.37. The van der Waals surface area contributed by atoms with Crippen LogP contribution in [0.5, 0.6) is 0 Å². The molecule has 11 heteroatoms. The number of nitrogens with zero attached hydrogens (tertiary/aromatic N) is 6. The van der Waals surface area contributed by atoms with E-state index in [0.717, 1.165) is 48.8 Å². The van der Waals surface area contributed by atoms with Gasteiger partial charge >= 0.3 is 0 Å². The zero-order valence-electron chi connectivity index (χ0n) is 19.9. The predicted molar refractivity (Wildman–Crippen MR) is 135 cm³/mol. The molecule has 1 aliphatic rings. The standard InChI is InChI=1S/C24H27N9O2/c1-14-10-15(4-5-17(14)33-6-8-35-9-7-33)29-24-21(22(25)34)30-20(23(26-2)31-24)16-11-27-12-18-19(16)28-13-32(18)3/h4-5,10-13H,6-9H2,1-3H3,(H2,25,34)(H2,26,29,31). The van der Waals surface area contributed by atoms with Crippen molar-refractivity contribution in [2.24, 2.45) is 12.8 Å². The summed E-state index contributed by atoms with van der Waals surface area (Å²) in [5.74, 6) is 0.0520. The van der Waals surface area contributed by atoms with Crippen molar-refractivity contribution in [1.82, 2.24) is 24.5 Å². The Morgan fingerprint density at radius 3 is 2.66 bits per heavy atom. The number of fused-ring (bicyclic) bond motifs is 1. The molecule has 5 rings (SSSR count). The van der Waals surface area contributed by atoms with Crippen LogP contribution < -0.4 is 21.3 Å². The Hall–Kier alpha value is -4.25. The number of aryl methyl sites for hydroxylation is 2. The molecule has 0 bridgehead atoms. The summed E-state index contributed by atoms with van der Waals surface area (Å²) in [6, 6.07) is 6.03. The Bertz CT molecular complexity index is 1410. The highest BCUT2D eigenvalue weighted by molar-refractivity contribution is 5.99. The normalized spacial score (nSPS) is 13.7. The first-order valence-electron chi connectivity index (χ1n) is 11.3. The third-order valence-electron chi connectivity index (χ3n) is 6.07. The second kappa shape index (κ2) is 9.18. The van der Waals surface area contributed by atoms with Gasteiger partial charge in [0.05, 0.1) is 36.8 Å². The number of nitrogens with one attached hydrogen (secondary N) is 2. The summed E-state index contributed by atoms with van der Waals surface area (Å²) >= 11 is 0. The minimum Gasteiger partial charge on any atom is -0.378 e. The monoisotopic (exact) mass is 473 g/mol. The van der Waals surface area contributed by atoms with E-state index in [1.165, 1.54) is 0 Å². The molecule has 0 atom stereocenters. The maximum Gasteiger partial charge on any atom is 0.271 e. The fourth-order valence-corrected chi connectivity index (χ4v) is 4.30. The van der Waals surface area contributed by atoms with Gasteiger partial charge in [0.25, 0.3) is 5.91 Å². The smallest absolute Gasteiger partial charge is 0.271 e. The number of rotatable bonds is 6. The molecule has 1 aromatic carbocycles. The fraction of sp³-hybridized carbons (Fsp3) is 0.292. The number of pyridine rings is 1. The van der Waals surface area contributed by atoms with Crippen molar-refractivity contribution in [3.05, 3.63) is 48.2 Å². The first-order valence-corrected chi connectivity index (χ1v) is 11.3. The first kappa shape index (κ1) is 22.5. The predicted octanol–water partition coefficient (Wildman–Crippen LogP) is 2.45. The summed E-state index contributed by atoms with van der Waals surface area (Å²) in [7, 11) is 3.63. The summed E-state index contributed by atoms with van der Waals surface area (Å²) in [5, 5.41) is 6.30. The van der Waals surface area contributed by atoms with E-state index in [4.69, 9.17) is 10.5 Å². The van der Waals surface area contributed by atoms with Crippen molar-refractivity contribution in [3.8, 4) is 11.3 Å². The first-order chi connectivity index (χ1) is 17.0. The molecule has 4 aromatic rings. The van der Waals surface area contributed by atoms with Crippen LogP contribution in [0.1, 0.15) is 16.1 Å². The van der Waals surface area contributed by atoms with E-state index in [1.807, 2.05) is 23.7 Å². The van der Waals surface area contributed by atoms with Gasteiger partial charge in [-0.25, -0.2) is 15.0 Å². The van der Waals surface area contributed by atoms with Gasteiger partial charge < -0.3 is 30.6 Å². The Kier molecular flexibility index (Phi) is 5.91. The lowest BCUT2D eigenvalue weighted by Crippen LogP contribution is -2.36. The quantitative estimate of drug-likeness (QED) is 0.386. The molecule has 3 aromatic heterocycles. The van der Waals surface area contributed by atoms with Gasteiger partial charge in [-0.2, -0.15) is 0 Å². The van der Waals surface area contributed by atoms with Gasteiger partial charge in [0.2, 0.25) is 0 Å². The molecular weight excluding hydrogens is 446 g/mol. The van der Waals surface area contributed by atoms with E-state index in [9.17, 15) is 4.79 Å². The summed E-state index contributed by atoms with van der Waals surface area (Å²) < 4.78 is 7.33. The van der Waals surface area contributed by atoms with Crippen molar-refractivity contribution in [1.29, 1.82) is 0 Å². The van der Waals surface area contributed by atoms with Crippen LogP contribution >= 0.6 is 0 Å². The average Bonchev–Trinajstić information content (AvgIpc) is 3.25. The SMILES string of the molecule is CNc1nc(Nc2ccc(N3CCOCC3)c(C)c2)c(C(N)=O)nc1-c1cncc2c1ncn2C. The van der Waals surface area contributed by atoms with Crippen LogP contribution in [-0.4, -0.2) is 63.8 Å². The molecule has 0 unspecified atom stereocenters. The Morgan fingerprint density at radius 2 is 1.94 bits per heavy atom. The number of hydrogen-bond acceptors (Lipinski definition) is 9. The highest BCUT2D eigenvalue weighted by atomic mass is 16.5. The number of primary amides is 1. The molecule has 0 radical (unpaired) electrons. The highest BCUT2D eigenvalue weighted by Crippen LogP contribution is 2.33. The average molecular weight is 474 g/mol. The molecule has 0 aliphatic carbocycles. The summed E-state index contributed by atoms with van der Waals surface area (Å²) in [6.07, 6.45) is 5.09. The van der Waals surface area contributed by atoms with Gasteiger partial charge in [-0.3, -0.25) is 9.78 Å². The van der Waals surface area contributed by atoms with Gasteiger partial charge in [0.1, 0.15) is 11.2 Å². The molecule has 0 spiro atoms. The maximum absolute atomic E-state index is 12.4. The molecule has 180 valence electrons. The van der Waals surface area contributed by atoms with Crippen LogP contribution in [0.2, 0.25) is 0 Å². The van der Waals surface area contributed by atoms with Crippen LogP contribution in [0.3, 0.4) is 0 Å². The number of aromatic nitrogens is 5. The Balaban J connectivity index is 1.54. The Morgan fingerprint density at radius 1 is 1.14 bits per heavy atom. The summed E-state index contributed by atoms with van der Waals surface area (Å²) in [5.41, 5.74) is 11.4. The third-order valence-corrected chi connectivity index (χ3v) is 6.07. The minimum atomic E-state index is -0.688. The minimum absolute atomic E-state index is 0.0295. The number of ether oxygens (including phenoxy) is 1. The van der Waals surface area contributed by atoms with Gasteiger partial charge in [-0.05, 0) is 30.7 Å². The molecule has 4 N–H and O–H groups in total. The largest absolute Gasteiger partial charge is 0.378 e. The number of benzene rings is 1. The zero-order valence-corrected chi connectivity index (χ0v) is 19.9.